The first kappa shape index (κ1) is 14.8. The van der Waals surface area contributed by atoms with Crippen molar-refractivity contribution in [2.45, 2.75) is 6.43 Å². The Morgan fingerprint density at radius 2 is 1.89 bits per heavy atom. The van der Waals surface area contributed by atoms with Crippen LogP contribution in [-0.4, -0.2) is 41.9 Å². The highest BCUT2D eigenvalue weighted by molar-refractivity contribution is 5.94. The molecule has 0 saturated carbocycles. The minimum Gasteiger partial charge on any atom is -0.478 e. The van der Waals surface area contributed by atoms with Gasteiger partial charge in [-0.2, -0.15) is 0 Å². The number of hydrogen-bond donors (Lipinski definition) is 1. The van der Waals surface area contributed by atoms with Crippen LogP contribution in [0.4, 0.5) is 8.78 Å². The van der Waals surface area contributed by atoms with Crippen molar-refractivity contribution in [3.05, 3.63) is 41.5 Å². The average molecular weight is 269 g/mol. The zero-order valence-corrected chi connectivity index (χ0v) is 10.2. The van der Waals surface area contributed by atoms with Crippen molar-refractivity contribution in [1.29, 1.82) is 0 Å². The number of hydrogen-bond acceptors (Lipinski definition) is 2. The number of nitrogens with zero attached hydrogens (tertiary/aromatic N) is 1. The lowest BCUT2D eigenvalue weighted by atomic mass is 10.1. The van der Waals surface area contributed by atoms with E-state index in [0.29, 0.717) is 5.56 Å². The van der Waals surface area contributed by atoms with Gasteiger partial charge in [0.1, 0.15) is 0 Å². The van der Waals surface area contributed by atoms with E-state index >= 15 is 0 Å². The van der Waals surface area contributed by atoms with E-state index < -0.39 is 24.8 Å². The first-order valence-electron chi connectivity index (χ1n) is 5.45. The quantitative estimate of drug-likeness (QED) is 0.833. The average Bonchev–Trinajstić information content (AvgIpc) is 2.35. The molecule has 1 aromatic rings. The Hall–Kier alpha value is -2.24. The van der Waals surface area contributed by atoms with Gasteiger partial charge in [0.15, 0.2) is 0 Å². The molecule has 0 aliphatic carbocycles. The number of rotatable bonds is 5. The van der Waals surface area contributed by atoms with E-state index in [9.17, 15) is 18.4 Å². The van der Waals surface area contributed by atoms with Crippen LogP contribution in [-0.2, 0) is 4.79 Å². The Kier molecular flexibility index (Phi) is 5.17. The second-order valence-corrected chi connectivity index (χ2v) is 3.87. The minimum atomic E-state index is -2.58. The standard InChI is InChI=1S/C13H13F2NO3/c1-16(8-11(14)15)13(19)10-5-2-9(3-6-10)4-7-12(17)18/h2-7,11H,8H2,1H3,(H,17,18)/b7-4+. The highest BCUT2D eigenvalue weighted by Crippen LogP contribution is 2.09. The summed E-state index contributed by atoms with van der Waals surface area (Å²) in [6.45, 7) is -0.625. The largest absolute Gasteiger partial charge is 0.478 e. The first-order valence-corrected chi connectivity index (χ1v) is 5.45. The molecule has 1 N–H and O–H groups in total. The molecule has 0 unspecified atom stereocenters. The van der Waals surface area contributed by atoms with Crippen molar-refractivity contribution in [2.24, 2.45) is 0 Å². The van der Waals surface area contributed by atoms with Crippen molar-refractivity contribution in [2.75, 3.05) is 13.6 Å². The Bertz CT molecular complexity index is 483. The molecule has 102 valence electrons. The molecule has 0 spiro atoms. The number of carboxylic acid groups (broad SMARTS) is 1. The summed E-state index contributed by atoms with van der Waals surface area (Å²) in [5, 5.41) is 8.46. The lowest BCUT2D eigenvalue weighted by Gasteiger charge is -2.16. The molecule has 1 rings (SSSR count). The van der Waals surface area contributed by atoms with Gasteiger partial charge in [0, 0.05) is 18.7 Å². The summed E-state index contributed by atoms with van der Waals surface area (Å²) in [5.74, 6) is -1.58. The van der Waals surface area contributed by atoms with Crippen molar-refractivity contribution < 1.29 is 23.5 Å². The predicted octanol–water partition coefficient (Wildman–Crippen LogP) is 2.12. The van der Waals surface area contributed by atoms with Gasteiger partial charge in [-0.05, 0) is 23.8 Å². The fourth-order valence-electron chi connectivity index (χ4n) is 1.41. The topological polar surface area (TPSA) is 57.6 Å². The third kappa shape index (κ3) is 4.87. The van der Waals surface area contributed by atoms with Gasteiger partial charge in [0.25, 0.3) is 12.3 Å². The van der Waals surface area contributed by atoms with Crippen LogP contribution in [0.3, 0.4) is 0 Å². The van der Waals surface area contributed by atoms with Crippen LogP contribution >= 0.6 is 0 Å². The van der Waals surface area contributed by atoms with Crippen LogP contribution in [0.15, 0.2) is 30.3 Å². The summed E-state index contributed by atoms with van der Waals surface area (Å²) >= 11 is 0. The van der Waals surface area contributed by atoms with Crippen molar-refractivity contribution in [3.8, 4) is 0 Å². The number of carbonyl (C=O) groups is 2. The molecule has 0 aliphatic heterocycles. The van der Waals surface area contributed by atoms with Gasteiger partial charge in [-0.1, -0.05) is 12.1 Å². The lowest BCUT2D eigenvalue weighted by molar-refractivity contribution is -0.131. The maximum absolute atomic E-state index is 12.1. The van der Waals surface area contributed by atoms with E-state index in [2.05, 4.69) is 0 Å². The Labute approximate surface area is 109 Å². The van der Waals surface area contributed by atoms with Gasteiger partial charge in [0.2, 0.25) is 0 Å². The van der Waals surface area contributed by atoms with Crippen LogP contribution in [0.2, 0.25) is 0 Å². The van der Waals surface area contributed by atoms with Crippen LogP contribution in [0.25, 0.3) is 6.08 Å². The summed E-state index contributed by atoms with van der Waals surface area (Å²) in [7, 11) is 1.30. The molecule has 1 amide bonds. The van der Waals surface area contributed by atoms with Gasteiger partial charge >= 0.3 is 5.97 Å². The molecular formula is C13H13F2NO3. The molecular weight excluding hydrogens is 256 g/mol. The van der Waals surface area contributed by atoms with E-state index in [1.807, 2.05) is 0 Å². The highest BCUT2D eigenvalue weighted by Gasteiger charge is 2.15. The van der Waals surface area contributed by atoms with Crippen LogP contribution in [0, 0.1) is 0 Å². The van der Waals surface area contributed by atoms with E-state index in [1.54, 1.807) is 12.1 Å². The molecule has 0 heterocycles. The molecule has 19 heavy (non-hydrogen) atoms. The summed E-state index contributed by atoms with van der Waals surface area (Å²) in [6.07, 6.45) is -0.231. The minimum absolute atomic E-state index is 0.274. The Morgan fingerprint density at radius 3 is 2.37 bits per heavy atom. The zero-order valence-electron chi connectivity index (χ0n) is 10.2. The van der Waals surface area contributed by atoms with E-state index in [-0.39, 0.29) is 5.56 Å². The second-order valence-electron chi connectivity index (χ2n) is 3.87. The van der Waals surface area contributed by atoms with E-state index in [0.717, 1.165) is 11.0 Å². The monoisotopic (exact) mass is 269 g/mol. The van der Waals surface area contributed by atoms with Crippen LogP contribution in [0.1, 0.15) is 15.9 Å². The fourth-order valence-corrected chi connectivity index (χ4v) is 1.41. The zero-order chi connectivity index (χ0) is 14.4. The van der Waals surface area contributed by atoms with Gasteiger partial charge in [-0.25, -0.2) is 13.6 Å². The van der Waals surface area contributed by atoms with Crippen molar-refractivity contribution in [1.82, 2.24) is 4.90 Å². The highest BCUT2D eigenvalue weighted by atomic mass is 19.3. The van der Waals surface area contributed by atoms with Crippen LogP contribution in [0.5, 0.6) is 0 Å². The number of alkyl halides is 2. The van der Waals surface area contributed by atoms with Gasteiger partial charge < -0.3 is 10.0 Å². The Balaban J connectivity index is 2.75. The summed E-state index contributed by atoms with van der Waals surface area (Å²) < 4.78 is 24.3. The van der Waals surface area contributed by atoms with Crippen LogP contribution < -0.4 is 0 Å². The van der Waals surface area contributed by atoms with Crippen molar-refractivity contribution in [3.63, 3.8) is 0 Å². The maximum Gasteiger partial charge on any atom is 0.328 e. The molecule has 0 radical (unpaired) electrons. The first-order chi connectivity index (χ1) is 8.90. The third-order valence-corrected chi connectivity index (χ3v) is 2.33. The molecule has 1 aromatic carbocycles. The molecule has 0 bridgehead atoms. The van der Waals surface area contributed by atoms with E-state index in [1.165, 1.54) is 25.3 Å². The number of halogens is 2. The smallest absolute Gasteiger partial charge is 0.328 e. The molecule has 0 aromatic heterocycles. The number of carboxylic acids is 1. The molecule has 0 aliphatic rings. The SMILES string of the molecule is CN(CC(F)F)C(=O)c1ccc(/C=C/C(=O)O)cc1. The molecule has 0 atom stereocenters. The molecule has 0 saturated heterocycles. The van der Waals surface area contributed by atoms with Gasteiger partial charge in [0.05, 0.1) is 6.54 Å². The number of amides is 1. The Morgan fingerprint density at radius 1 is 1.32 bits per heavy atom. The fraction of sp³-hybridized carbons (Fsp3) is 0.231. The predicted molar refractivity (Wildman–Crippen MR) is 66.1 cm³/mol. The molecule has 4 nitrogen and oxygen atoms in total. The number of carbonyl (C=O) groups excluding carboxylic acids is 1. The number of benzene rings is 1. The second kappa shape index (κ2) is 6.63. The maximum atomic E-state index is 12.1. The summed E-state index contributed by atoms with van der Waals surface area (Å²) in [6, 6.07) is 6.02. The normalized spacial score (nSPS) is 10.9. The van der Waals surface area contributed by atoms with Crippen molar-refractivity contribution >= 4 is 18.0 Å². The van der Waals surface area contributed by atoms with Gasteiger partial charge in [-0.15, -0.1) is 0 Å². The molecule has 0 fully saturated rings. The lowest BCUT2D eigenvalue weighted by Crippen LogP contribution is -2.31. The summed E-state index contributed by atoms with van der Waals surface area (Å²) in [5.41, 5.74) is 0.881. The van der Waals surface area contributed by atoms with Gasteiger partial charge in [-0.3, -0.25) is 4.79 Å². The summed E-state index contributed by atoms with van der Waals surface area (Å²) in [4.78, 5) is 23.0. The van der Waals surface area contributed by atoms with E-state index in [4.69, 9.17) is 5.11 Å². The third-order valence-electron chi connectivity index (χ3n) is 2.33. The number of aliphatic carboxylic acids is 1. The molecule has 6 heteroatoms.